The number of anilines is 1. The third kappa shape index (κ3) is 5.18. The van der Waals surface area contributed by atoms with E-state index in [-0.39, 0.29) is 23.3 Å². The number of benzene rings is 1. The lowest BCUT2D eigenvalue weighted by Gasteiger charge is -2.08. The van der Waals surface area contributed by atoms with Gasteiger partial charge in [-0.1, -0.05) is 41.6 Å². The number of carbonyl (C=O) groups excluding carboxylic acids is 1. The van der Waals surface area contributed by atoms with E-state index < -0.39 is 5.82 Å². The first-order valence-electron chi connectivity index (χ1n) is 8.17. The van der Waals surface area contributed by atoms with Crippen LogP contribution in [0.3, 0.4) is 0 Å². The smallest absolute Gasteiger partial charge is 0.236 e. The van der Waals surface area contributed by atoms with Gasteiger partial charge < -0.3 is 9.30 Å². The van der Waals surface area contributed by atoms with Crippen molar-refractivity contribution < 1.29 is 13.9 Å². The molecule has 1 amide bonds. The Morgan fingerprint density at radius 3 is 2.89 bits per heavy atom. The van der Waals surface area contributed by atoms with Gasteiger partial charge in [0.25, 0.3) is 0 Å². The fourth-order valence-corrected chi connectivity index (χ4v) is 3.71. The van der Waals surface area contributed by atoms with Crippen molar-refractivity contribution in [2.24, 2.45) is 7.05 Å². The summed E-state index contributed by atoms with van der Waals surface area (Å²) in [5.41, 5.74) is 0. The number of aromatic nitrogens is 5. The van der Waals surface area contributed by atoms with Gasteiger partial charge in [-0.25, -0.2) is 4.39 Å². The number of thioether (sulfide) groups is 1. The molecule has 0 aliphatic heterocycles. The van der Waals surface area contributed by atoms with Gasteiger partial charge in [0.2, 0.25) is 11.0 Å². The number of hydrogen-bond acceptors (Lipinski definition) is 8. The number of rotatable bonds is 8. The first-order valence-corrected chi connectivity index (χ1v) is 10.4. The molecule has 0 saturated carbocycles. The number of ether oxygens (including phenoxy) is 1. The van der Waals surface area contributed by atoms with Gasteiger partial charge in [-0.3, -0.25) is 10.1 Å². The molecule has 1 N–H and O–H groups in total. The largest absolute Gasteiger partial charge is 0.484 e. The van der Waals surface area contributed by atoms with E-state index in [2.05, 4.69) is 25.7 Å². The van der Waals surface area contributed by atoms with E-state index in [0.717, 1.165) is 11.4 Å². The monoisotopic (exact) mass is 442 g/mol. The molecule has 1 aromatic carbocycles. The Morgan fingerprint density at radius 1 is 1.36 bits per heavy atom. The summed E-state index contributed by atoms with van der Waals surface area (Å²) < 4.78 is 20.4. The molecule has 0 aliphatic carbocycles. The highest BCUT2D eigenvalue weighted by Gasteiger charge is 2.14. The third-order valence-electron chi connectivity index (χ3n) is 3.52. The molecule has 0 fully saturated rings. The van der Waals surface area contributed by atoms with E-state index in [4.69, 9.17) is 16.3 Å². The fourth-order valence-electron chi connectivity index (χ4n) is 2.06. The first-order chi connectivity index (χ1) is 13.5. The summed E-state index contributed by atoms with van der Waals surface area (Å²) in [4.78, 5) is 12.1. The zero-order chi connectivity index (χ0) is 20.1. The molecular formula is C16H16ClFN6O2S2. The summed E-state index contributed by atoms with van der Waals surface area (Å²) in [6.07, 6.45) is 0.773. The number of amides is 1. The Kier molecular flexibility index (Phi) is 6.81. The molecule has 3 rings (SSSR count). The van der Waals surface area contributed by atoms with Gasteiger partial charge >= 0.3 is 0 Å². The predicted octanol–water partition coefficient (Wildman–Crippen LogP) is 3.33. The van der Waals surface area contributed by atoms with Gasteiger partial charge in [0.1, 0.15) is 23.2 Å². The minimum absolute atomic E-state index is 0.103. The summed E-state index contributed by atoms with van der Waals surface area (Å²) >= 11 is 8.52. The van der Waals surface area contributed by atoms with E-state index in [1.165, 1.54) is 41.3 Å². The molecule has 3 aromatic rings. The van der Waals surface area contributed by atoms with Crippen molar-refractivity contribution in [3.63, 3.8) is 0 Å². The standard InChI is InChI=1S/C16H16ClFN6O2S2/c1-3-14-21-22-15(28-14)19-13(25)8-27-16-23-20-12(24(16)2)7-26-11-5-4-9(18)6-10(11)17/h4-6H,3,7-8H2,1-2H3,(H,19,22,25). The van der Waals surface area contributed by atoms with Crippen LogP contribution in [-0.4, -0.2) is 36.6 Å². The number of nitrogens with zero attached hydrogens (tertiary/aromatic N) is 5. The van der Waals surface area contributed by atoms with Crippen LogP contribution in [0.15, 0.2) is 23.4 Å². The molecule has 0 aliphatic rings. The molecule has 0 saturated heterocycles. The summed E-state index contributed by atoms with van der Waals surface area (Å²) in [5.74, 6) is 0.399. The Bertz CT molecular complexity index is 980. The second kappa shape index (κ2) is 9.30. The lowest BCUT2D eigenvalue weighted by Crippen LogP contribution is -2.14. The van der Waals surface area contributed by atoms with Crippen molar-refractivity contribution in [2.75, 3.05) is 11.1 Å². The van der Waals surface area contributed by atoms with E-state index in [9.17, 15) is 9.18 Å². The molecular weight excluding hydrogens is 427 g/mol. The summed E-state index contributed by atoms with van der Waals surface area (Å²) in [5, 5.41) is 20.8. The maximum atomic E-state index is 13.1. The number of aryl methyl sites for hydroxylation is 1. The summed E-state index contributed by atoms with van der Waals surface area (Å²) in [6.45, 7) is 2.08. The van der Waals surface area contributed by atoms with Gasteiger partial charge in [-0.2, -0.15) is 0 Å². The number of halogens is 2. The molecule has 28 heavy (non-hydrogen) atoms. The highest BCUT2D eigenvalue weighted by molar-refractivity contribution is 7.99. The van der Waals surface area contributed by atoms with Crippen molar-refractivity contribution >= 4 is 45.7 Å². The van der Waals surface area contributed by atoms with Crippen LogP contribution in [0.25, 0.3) is 0 Å². The number of hydrogen-bond donors (Lipinski definition) is 1. The molecule has 0 atom stereocenters. The molecule has 12 heteroatoms. The topological polar surface area (TPSA) is 94.8 Å². The van der Waals surface area contributed by atoms with Crippen molar-refractivity contribution in [1.29, 1.82) is 0 Å². The molecule has 0 radical (unpaired) electrons. The molecule has 148 valence electrons. The van der Waals surface area contributed by atoms with Crippen molar-refractivity contribution in [2.45, 2.75) is 25.1 Å². The lowest BCUT2D eigenvalue weighted by molar-refractivity contribution is -0.113. The summed E-state index contributed by atoms with van der Waals surface area (Å²) in [7, 11) is 1.77. The quantitative estimate of drug-likeness (QED) is 0.534. The van der Waals surface area contributed by atoms with Gasteiger partial charge in [0.05, 0.1) is 10.8 Å². The van der Waals surface area contributed by atoms with Gasteiger partial charge in [-0.15, -0.1) is 20.4 Å². The normalized spacial score (nSPS) is 10.9. The van der Waals surface area contributed by atoms with Crippen LogP contribution in [0.4, 0.5) is 9.52 Å². The van der Waals surface area contributed by atoms with Gasteiger partial charge in [-0.05, 0) is 24.6 Å². The van der Waals surface area contributed by atoms with Crippen LogP contribution in [-0.2, 0) is 24.9 Å². The van der Waals surface area contributed by atoms with E-state index in [1.54, 1.807) is 11.6 Å². The average Bonchev–Trinajstić information content (AvgIpc) is 3.26. The van der Waals surface area contributed by atoms with Crippen molar-refractivity contribution in [3.8, 4) is 5.75 Å². The van der Waals surface area contributed by atoms with E-state index >= 15 is 0 Å². The second-order valence-electron chi connectivity index (χ2n) is 5.51. The zero-order valence-electron chi connectivity index (χ0n) is 15.0. The van der Waals surface area contributed by atoms with Gasteiger partial charge in [0, 0.05) is 7.05 Å². The fraction of sp³-hybridized carbons (Fsp3) is 0.312. The Morgan fingerprint density at radius 2 is 2.18 bits per heavy atom. The Labute approximate surface area is 173 Å². The zero-order valence-corrected chi connectivity index (χ0v) is 17.4. The second-order valence-corrected chi connectivity index (χ2v) is 7.92. The van der Waals surface area contributed by atoms with Crippen molar-refractivity contribution in [1.82, 2.24) is 25.0 Å². The SMILES string of the molecule is CCc1nnc(NC(=O)CSc2nnc(COc3ccc(F)cc3Cl)n2C)s1. The Balaban J connectivity index is 1.53. The van der Waals surface area contributed by atoms with Crippen molar-refractivity contribution in [3.05, 3.63) is 39.9 Å². The van der Waals surface area contributed by atoms with Crippen LogP contribution < -0.4 is 10.1 Å². The molecule has 2 aromatic heterocycles. The highest BCUT2D eigenvalue weighted by Crippen LogP contribution is 2.26. The number of nitrogens with one attached hydrogen (secondary N) is 1. The Hall–Kier alpha value is -2.24. The third-order valence-corrected chi connectivity index (χ3v) is 5.82. The summed E-state index contributed by atoms with van der Waals surface area (Å²) in [6, 6.07) is 3.89. The van der Waals surface area contributed by atoms with E-state index in [1.807, 2.05) is 6.92 Å². The predicted molar refractivity (Wildman–Crippen MR) is 105 cm³/mol. The highest BCUT2D eigenvalue weighted by atomic mass is 35.5. The molecule has 0 bridgehead atoms. The van der Waals surface area contributed by atoms with Gasteiger partial charge in [0.15, 0.2) is 11.0 Å². The van der Waals surface area contributed by atoms with Crippen LogP contribution in [0.2, 0.25) is 5.02 Å². The maximum Gasteiger partial charge on any atom is 0.236 e. The number of carbonyl (C=O) groups is 1. The van der Waals surface area contributed by atoms with Crippen LogP contribution >= 0.6 is 34.7 Å². The molecule has 8 nitrogen and oxygen atoms in total. The lowest BCUT2D eigenvalue weighted by atomic mass is 10.3. The maximum absolute atomic E-state index is 13.1. The van der Waals surface area contributed by atoms with Crippen LogP contribution in [0.5, 0.6) is 5.75 Å². The average molecular weight is 443 g/mol. The first kappa shape index (κ1) is 20.5. The van der Waals surface area contributed by atoms with Crippen LogP contribution in [0, 0.1) is 5.82 Å². The minimum atomic E-state index is -0.438. The molecule has 2 heterocycles. The molecule has 0 unspecified atom stereocenters. The van der Waals surface area contributed by atoms with Crippen LogP contribution in [0.1, 0.15) is 17.8 Å². The van der Waals surface area contributed by atoms with E-state index in [0.29, 0.717) is 21.9 Å². The molecule has 0 spiro atoms. The minimum Gasteiger partial charge on any atom is -0.484 e.